The molecule has 1 aromatic heterocycles. The molecule has 22 heavy (non-hydrogen) atoms. The molecule has 0 radical (unpaired) electrons. The molecule has 0 amide bonds. The number of carbonyl (C=O) groups is 1. The van der Waals surface area contributed by atoms with Crippen LogP contribution in [0.2, 0.25) is 0 Å². The molecule has 0 spiro atoms. The van der Waals surface area contributed by atoms with Crippen LogP contribution in [0.1, 0.15) is 15.9 Å². The first-order valence-corrected chi connectivity index (χ1v) is 6.99. The van der Waals surface area contributed by atoms with Crippen LogP contribution in [-0.2, 0) is 7.05 Å². The van der Waals surface area contributed by atoms with Crippen molar-refractivity contribution in [2.45, 2.75) is 6.92 Å². The molecule has 0 bridgehead atoms. The summed E-state index contributed by atoms with van der Waals surface area (Å²) in [6.45, 7) is 1.83. The lowest BCUT2D eigenvalue weighted by Gasteiger charge is -2.13. The van der Waals surface area contributed by atoms with Gasteiger partial charge < -0.3 is 5.11 Å². The van der Waals surface area contributed by atoms with Gasteiger partial charge in [-0.2, -0.15) is 5.10 Å². The van der Waals surface area contributed by atoms with E-state index in [-0.39, 0.29) is 0 Å². The molecule has 0 atom stereocenters. The second-order valence-electron chi connectivity index (χ2n) is 5.21. The van der Waals surface area contributed by atoms with E-state index in [0.29, 0.717) is 5.56 Å². The van der Waals surface area contributed by atoms with Gasteiger partial charge >= 0.3 is 5.97 Å². The van der Waals surface area contributed by atoms with Crippen LogP contribution in [0.3, 0.4) is 0 Å². The van der Waals surface area contributed by atoms with Crippen molar-refractivity contribution < 1.29 is 9.90 Å². The Bertz CT molecular complexity index is 836. The largest absolute Gasteiger partial charge is 0.478 e. The minimum atomic E-state index is -0.918. The highest BCUT2D eigenvalue weighted by atomic mass is 16.4. The van der Waals surface area contributed by atoms with E-state index < -0.39 is 5.97 Å². The summed E-state index contributed by atoms with van der Waals surface area (Å²) < 4.78 is 1.75. The van der Waals surface area contributed by atoms with Crippen LogP contribution in [-0.4, -0.2) is 20.9 Å². The Kier molecular flexibility index (Phi) is 3.51. The molecule has 4 heteroatoms. The van der Waals surface area contributed by atoms with Gasteiger partial charge in [0.25, 0.3) is 0 Å². The molecule has 110 valence electrons. The molecule has 1 heterocycles. The fourth-order valence-corrected chi connectivity index (χ4v) is 2.64. The molecule has 0 unspecified atom stereocenters. The zero-order chi connectivity index (χ0) is 15.7. The molecule has 4 nitrogen and oxygen atoms in total. The summed E-state index contributed by atoms with van der Waals surface area (Å²) in [6, 6.07) is 15.4. The van der Waals surface area contributed by atoms with Crippen LogP contribution < -0.4 is 0 Å². The Balaban J connectivity index is 2.28. The molecular weight excluding hydrogens is 276 g/mol. The topological polar surface area (TPSA) is 55.1 Å². The average Bonchev–Trinajstić information content (AvgIpc) is 2.94. The van der Waals surface area contributed by atoms with Crippen LogP contribution >= 0.6 is 0 Å². The van der Waals surface area contributed by atoms with Gasteiger partial charge in [0.15, 0.2) is 0 Å². The number of carboxylic acid groups (broad SMARTS) is 1. The van der Waals surface area contributed by atoms with Crippen LogP contribution in [0.25, 0.3) is 22.4 Å². The van der Waals surface area contributed by atoms with Crippen molar-refractivity contribution in [1.29, 1.82) is 0 Å². The first-order valence-electron chi connectivity index (χ1n) is 6.99. The maximum Gasteiger partial charge on any atom is 0.335 e. The average molecular weight is 292 g/mol. The Hall–Kier alpha value is -2.88. The molecular formula is C18H16N2O2. The summed E-state index contributed by atoms with van der Waals surface area (Å²) in [7, 11) is 1.85. The number of aromatic nitrogens is 2. The molecule has 0 saturated heterocycles. The van der Waals surface area contributed by atoms with E-state index in [9.17, 15) is 9.90 Å². The van der Waals surface area contributed by atoms with Gasteiger partial charge in [-0.15, -0.1) is 0 Å². The highest BCUT2D eigenvalue weighted by molar-refractivity contribution is 5.94. The molecule has 1 N–H and O–H groups in total. The van der Waals surface area contributed by atoms with Gasteiger partial charge in [0.2, 0.25) is 0 Å². The van der Waals surface area contributed by atoms with Crippen molar-refractivity contribution in [2.75, 3.05) is 0 Å². The Morgan fingerprint density at radius 2 is 1.82 bits per heavy atom. The number of aryl methyl sites for hydroxylation is 1. The maximum atomic E-state index is 11.6. The predicted molar refractivity (Wildman–Crippen MR) is 85.8 cm³/mol. The lowest BCUT2D eigenvalue weighted by molar-refractivity contribution is 0.0696. The maximum absolute atomic E-state index is 11.6. The second kappa shape index (κ2) is 5.48. The first-order chi connectivity index (χ1) is 10.6. The van der Waals surface area contributed by atoms with Crippen LogP contribution in [0.4, 0.5) is 0 Å². The highest BCUT2D eigenvalue weighted by Crippen LogP contribution is 2.31. The lowest BCUT2D eigenvalue weighted by atomic mass is 9.93. The third-order valence-corrected chi connectivity index (χ3v) is 3.84. The van der Waals surface area contributed by atoms with E-state index in [1.165, 1.54) is 0 Å². The standard InChI is InChI=1S/C18H16N2O2/c1-12-15(17-8-9-19-20(17)2)10-14(11-16(12)18(21)22)13-6-4-3-5-7-13/h3-11H,1-2H3,(H,21,22). The number of nitrogens with zero attached hydrogens (tertiary/aromatic N) is 2. The Morgan fingerprint density at radius 3 is 2.41 bits per heavy atom. The number of carboxylic acids is 1. The van der Waals surface area contributed by atoms with E-state index in [1.807, 2.05) is 56.4 Å². The minimum absolute atomic E-state index is 0.317. The monoisotopic (exact) mass is 292 g/mol. The molecule has 2 aromatic carbocycles. The zero-order valence-electron chi connectivity index (χ0n) is 12.4. The van der Waals surface area contributed by atoms with Crippen molar-refractivity contribution in [3.05, 3.63) is 65.9 Å². The van der Waals surface area contributed by atoms with E-state index in [2.05, 4.69) is 5.10 Å². The second-order valence-corrected chi connectivity index (χ2v) is 5.21. The predicted octanol–water partition coefficient (Wildman–Crippen LogP) is 3.76. The summed E-state index contributed by atoms with van der Waals surface area (Å²) in [6.07, 6.45) is 1.71. The fraction of sp³-hybridized carbons (Fsp3) is 0.111. The molecule has 3 aromatic rings. The Morgan fingerprint density at radius 1 is 1.09 bits per heavy atom. The quantitative estimate of drug-likeness (QED) is 0.799. The number of hydrogen-bond acceptors (Lipinski definition) is 2. The van der Waals surface area contributed by atoms with Crippen molar-refractivity contribution in [3.63, 3.8) is 0 Å². The van der Waals surface area contributed by atoms with Gasteiger partial charge in [-0.05, 0) is 41.8 Å². The van der Waals surface area contributed by atoms with Crippen molar-refractivity contribution in [3.8, 4) is 22.4 Å². The molecule has 0 aliphatic heterocycles. The van der Waals surface area contributed by atoms with Gasteiger partial charge in [-0.3, -0.25) is 4.68 Å². The lowest BCUT2D eigenvalue weighted by Crippen LogP contribution is -2.04. The molecule has 0 aliphatic rings. The van der Waals surface area contributed by atoms with Crippen molar-refractivity contribution >= 4 is 5.97 Å². The van der Waals surface area contributed by atoms with E-state index in [4.69, 9.17) is 0 Å². The van der Waals surface area contributed by atoms with Gasteiger partial charge in [0.1, 0.15) is 0 Å². The van der Waals surface area contributed by atoms with Crippen LogP contribution in [0.15, 0.2) is 54.7 Å². The van der Waals surface area contributed by atoms with E-state index >= 15 is 0 Å². The van der Waals surface area contributed by atoms with E-state index in [0.717, 1.165) is 27.9 Å². The van der Waals surface area contributed by atoms with Crippen LogP contribution in [0.5, 0.6) is 0 Å². The molecule has 0 saturated carbocycles. The van der Waals surface area contributed by atoms with Crippen molar-refractivity contribution in [1.82, 2.24) is 9.78 Å². The Labute approximate surface area is 128 Å². The summed E-state index contributed by atoms with van der Waals surface area (Å²) >= 11 is 0. The third-order valence-electron chi connectivity index (χ3n) is 3.84. The number of rotatable bonds is 3. The normalized spacial score (nSPS) is 10.6. The zero-order valence-corrected chi connectivity index (χ0v) is 12.4. The van der Waals surface area contributed by atoms with Gasteiger partial charge in [-0.1, -0.05) is 30.3 Å². The summed E-state index contributed by atoms with van der Waals surface area (Å²) in [5.41, 5.74) is 4.73. The van der Waals surface area contributed by atoms with E-state index in [1.54, 1.807) is 16.9 Å². The smallest absolute Gasteiger partial charge is 0.335 e. The SMILES string of the molecule is Cc1c(C(=O)O)cc(-c2ccccc2)cc1-c1ccnn1C. The number of benzene rings is 2. The number of aromatic carboxylic acids is 1. The molecule has 3 rings (SSSR count). The van der Waals surface area contributed by atoms with Gasteiger partial charge in [0.05, 0.1) is 11.3 Å². The molecule has 0 aliphatic carbocycles. The minimum Gasteiger partial charge on any atom is -0.478 e. The van der Waals surface area contributed by atoms with Gasteiger partial charge in [0, 0.05) is 18.8 Å². The third kappa shape index (κ3) is 2.39. The fourth-order valence-electron chi connectivity index (χ4n) is 2.64. The summed E-state index contributed by atoms with van der Waals surface area (Å²) in [5.74, 6) is -0.918. The van der Waals surface area contributed by atoms with Gasteiger partial charge in [-0.25, -0.2) is 4.79 Å². The highest BCUT2D eigenvalue weighted by Gasteiger charge is 2.16. The summed E-state index contributed by atoms with van der Waals surface area (Å²) in [5, 5.41) is 13.7. The first kappa shape index (κ1) is 14.1. The molecule has 0 fully saturated rings. The summed E-state index contributed by atoms with van der Waals surface area (Å²) in [4.78, 5) is 11.6. The van der Waals surface area contributed by atoms with Crippen molar-refractivity contribution in [2.24, 2.45) is 7.05 Å². The number of hydrogen-bond donors (Lipinski definition) is 1. The van der Waals surface area contributed by atoms with Crippen LogP contribution in [0, 0.1) is 6.92 Å².